The minimum absolute atomic E-state index is 0.0472. The van der Waals surface area contributed by atoms with Crippen molar-refractivity contribution < 1.29 is 4.79 Å². The summed E-state index contributed by atoms with van der Waals surface area (Å²) >= 11 is 0. The van der Waals surface area contributed by atoms with Gasteiger partial charge < -0.3 is 10.2 Å². The van der Waals surface area contributed by atoms with E-state index in [-0.39, 0.29) is 11.4 Å². The topological polar surface area (TPSA) is 32.3 Å². The number of nitrogens with zero attached hydrogens (tertiary/aromatic N) is 1. The average Bonchev–Trinajstić information content (AvgIpc) is 2.53. The van der Waals surface area contributed by atoms with Crippen molar-refractivity contribution in [2.24, 2.45) is 0 Å². The van der Waals surface area contributed by atoms with Gasteiger partial charge in [-0.15, -0.1) is 0 Å². The summed E-state index contributed by atoms with van der Waals surface area (Å²) in [6.07, 6.45) is 4.57. The second kappa shape index (κ2) is 6.97. The molecule has 0 spiro atoms. The molecule has 3 heteroatoms. The molecule has 2 rings (SSSR count). The number of piperidine rings is 1. The number of hydrogen-bond acceptors (Lipinski definition) is 1. The van der Waals surface area contributed by atoms with Crippen LogP contribution in [0.4, 0.5) is 4.79 Å². The van der Waals surface area contributed by atoms with Crippen LogP contribution in [0.2, 0.25) is 0 Å². The van der Waals surface area contributed by atoms with Crippen molar-refractivity contribution >= 4 is 6.03 Å². The first-order valence-electron chi connectivity index (χ1n) is 8.14. The lowest BCUT2D eigenvalue weighted by atomic mass is 9.85. The Labute approximate surface area is 128 Å². The van der Waals surface area contributed by atoms with E-state index in [1.54, 1.807) is 0 Å². The van der Waals surface area contributed by atoms with Gasteiger partial charge in [-0.1, -0.05) is 51.1 Å². The molecular formula is C18H28N2O. The maximum absolute atomic E-state index is 12.5. The van der Waals surface area contributed by atoms with Crippen molar-refractivity contribution in [3.63, 3.8) is 0 Å². The smallest absolute Gasteiger partial charge is 0.317 e. The van der Waals surface area contributed by atoms with Crippen LogP contribution < -0.4 is 5.32 Å². The number of amides is 2. The molecule has 1 heterocycles. The molecule has 1 aromatic rings. The van der Waals surface area contributed by atoms with Crippen molar-refractivity contribution in [2.45, 2.75) is 57.9 Å². The number of nitrogens with one attached hydrogen (secondary N) is 1. The molecule has 1 N–H and O–H groups in total. The molecule has 1 unspecified atom stereocenters. The van der Waals surface area contributed by atoms with Crippen molar-refractivity contribution in [1.29, 1.82) is 0 Å². The fraction of sp³-hybridized carbons (Fsp3) is 0.611. The molecule has 1 saturated heterocycles. The quantitative estimate of drug-likeness (QED) is 0.894. The lowest BCUT2D eigenvalue weighted by Gasteiger charge is -2.36. The van der Waals surface area contributed by atoms with E-state index < -0.39 is 0 Å². The zero-order valence-corrected chi connectivity index (χ0v) is 13.6. The van der Waals surface area contributed by atoms with Gasteiger partial charge in [-0.05, 0) is 31.2 Å². The molecular weight excluding hydrogens is 260 g/mol. The summed E-state index contributed by atoms with van der Waals surface area (Å²) in [5, 5.41) is 3.14. The van der Waals surface area contributed by atoms with E-state index in [1.807, 2.05) is 11.0 Å². The number of rotatable bonds is 4. The van der Waals surface area contributed by atoms with E-state index in [2.05, 4.69) is 50.4 Å². The zero-order chi connectivity index (χ0) is 15.3. The summed E-state index contributed by atoms with van der Waals surface area (Å²) in [6, 6.07) is 10.9. The number of likely N-dealkylation sites (tertiary alicyclic amines) is 1. The summed E-state index contributed by atoms with van der Waals surface area (Å²) in [5.41, 5.74) is 1.21. The predicted octanol–water partition coefficient (Wildman–Crippen LogP) is 3.94. The number of hydrogen-bond donors (Lipinski definition) is 1. The first kappa shape index (κ1) is 15.9. The van der Waals surface area contributed by atoms with Crippen molar-refractivity contribution in [1.82, 2.24) is 10.2 Å². The summed E-state index contributed by atoms with van der Waals surface area (Å²) in [5.74, 6) is 0. The minimum atomic E-state index is -0.0472. The van der Waals surface area contributed by atoms with Crippen LogP contribution in [0.25, 0.3) is 0 Å². The molecule has 0 saturated carbocycles. The van der Waals surface area contributed by atoms with Crippen molar-refractivity contribution in [3.8, 4) is 0 Å². The van der Waals surface area contributed by atoms with E-state index in [0.29, 0.717) is 12.6 Å². The zero-order valence-electron chi connectivity index (χ0n) is 13.6. The fourth-order valence-corrected chi connectivity index (χ4v) is 3.08. The minimum Gasteiger partial charge on any atom is -0.337 e. The lowest BCUT2D eigenvalue weighted by Crippen LogP contribution is -2.50. The molecule has 1 atom stereocenters. The van der Waals surface area contributed by atoms with Crippen LogP contribution in [-0.2, 0) is 5.41 Å². The van der Waals surface area contributed by atoms with Crippen LogP contribution >= 0.6 is 0 Å². The monoisotopic (exact) mass is 288 g/mol. The Hall–Kier alpha value is -1.51. The van der Waals surface area contributed by atoms with Crippen LogP contribution in [-0.4, -0.2) is 30.1 Å². The Morgan fingerprint density at radius 3 is 2.67 bits per heavy atom. The first-order valence-corrected chi connectivity index (χ1v) is 8.14. The Morgan fingerprint density at radius 2 is 2.00 bits per heavy atom. The van der Waals surface area contributed by atoms with Gasteiger partial charge in [0.05, 0.1) is 0 Å². The third kappa shape index (κ3) is 3.99. The second-order valence-electron chi connectivity index (χ2n) is 6.66. The van der Waals surface area contributed by atoms with E-state index in [1.165, 1.54) is 12.0 Å². The molecule has 1 aliphatic rings. The highest BCUT2D eigenvalue weighted by molar-refractivity contribution is 5.74. The average molecular weight is 288 g/mol. The largest absolute Gasteiger partial charge is 0.337 e. The molecule has 2 amide bonds. The highest BCUT2D eigenvalue weighted by atomic mass is 16.2. The standard InChI is InChI=1S/C18H28N2O/c1-4-16-12-8-9-13-20(16)17(21)19-14-18(2,3)15-10-6-5-7-11-15/h5-7,10-11,16H,4,8-9,12-14H2,1-3H3,(H,19,21). The number of carbonyl (C=O) groups excluding carboxylic acids is 1. The highest BCUT2D eigenvalue weighted by Crippen LogP contribution is 2.23. The predicted molar refractivity (Wildman–Crippen MR) is 87.5 cm³/mol. The van der Waals surface area contributed by atoms with E-state index in [9.17, 15) is 4.79 Å². The van der Waals surface area contributed by atoms with E-state index in [0.717, 1.165) is 25.8 Å². The molecule has 116 valence electrons. The van der Waals surface area contributed by atoms with Crippen LogP contribution in [0.15, 0.2) is 30.3 Å². The second-order valence-corrected chi connectivity index (χ2v) is 6.66. The third-order valence-corrected chi connectivity index (χ3v) is 4.60. The van der Waals surface area contributed by atoms with Gasteiger partial charge in [0, 0.05) is 24.5 Å². The number of benzene rings is 1. The van der Waals surface area contributed by atoms with E-state index in [4.69, 9.17) is 0 Å². The molecule has 3 nitrogen and oxygen atoms in total. The molecule has 21 heavy (non-hydrogen) atoms. The lowest BCUT2D eigenvalue weighted by molar-refractivity contribution is 0.147. The summed E-state index contributed by atoms with van der Waals surface area (Å²) < 4.78 is 0. The molecule has 0 bridgehead atoms. The van der Waals surface area contributed by atoms with Gasteiger partial charge in [0.15, 0.2) is 0 Å². The van der Waals surface area contributed by atoms with Gasteiger partial charge in [-0.25, -0.2) is 4.79 Å². The van der Waals surface area contributed by atoms with Crippen molar-refractivity contribution in [3.05, 3.63) is 35.9 Å². The third-order valence-electron chi connectivity index (χ3n) is 4.60. The molecule has 1 aromatic carbocycles. The SMILES string of the molecule is CCC1CCCCN1C(=O)NCC(C)(C)c1ccccc1. The first-order chi connectivity index (χ1) is 10.0. The maximum Gasteiger partial charge on any atom is 0.317 e. The Kier molecular flexibility index (Phi) is 5.27. The maximum atomic E-state index is 12.5. The highest BCUT2D eigenvalue weighted by Gasteiger charge is 2.27. The van der Waals surface area contributed by atoms with Gasteiger partial charge in [-0.3, -0.25) is 0 Å². The Morgan fingerprint density at radius 1 is 1.29 bits per heavy atom. The molecule has 0 radical (unpaired) electrons. The van der Waals surface area contributed by atoms with Crippen LogP contribution in [0.1, 0.15) is 52.0 Å². The number of carbonyl (C=O) groups is 1. The van der Waals surface area contributed by atoms with Crippen LogP contribution in [0, 0.1) is 0 Å². The normalized spacial score (nSPS) is 19.4. The van der Waals surface area contributed by atoms with Crippen molar-refractivity contribution in [2.75, 3.05) is 13.1 Å². The molecule has 1 fully saturated rings. The summed E-state index contributed by atoms with van der Waals surface area (Å²) in [7, 11) is 0. The van der Waals surface area contributed by atoms with Crippen LogP contribution in [0.5, 0.6) is 0 Å². The molecule has 1 aliphatic heterocycles. The summed E-state index contributed by atoms with van der Waals surface area (Å²) in [6.45, 7) is 8.09. The molecule has 0 aromatic heterocycles. The Balaban J connectivity index is 1.94. The molecule has 0 aliphatic carbocycles. The van der Waals surface area contributed by atoms with Gasteiger partial charge >= 0.3 is 6.03 Å². The van der Waals surface area contributed by atoms with Gasteiger partial charge in [0.25, 0.3) is 0 Å². The van der Waals surface area contributed by atoms with Gasteiger partial charge in [0.1, 0.15) is 0 Å². The number of urea groups is 1. The van der Waals surface area contributed by atoms with Gasteiger partial charge in [-0.2, -0.15) is 0 Å². The van der Waals surface area contributed by atoms with Crippen LogP contribution in [0.3, 0.4) is 0 Å². The Bertz CT molecular complexity index is 456. The summed E-state index contributed by atoms with van der Waals surface area (Å²) in [4.78, 5) is 14.5. The van der Waals surface area contributed by atoms with Gasteiger partial charge in [0.2, 0.25) is 0 Å². The fourth-order valence-electron chi connectivity index (χ4n) is 3.08. The van der Waals surface area contributed by atoms with E-state index >= 15 is 0 Å².